The first-order chi connectivity index (χ1) is 10.3. The van der Waals surface area contributed by atoms with Gasteiger partial charge in [-0.25, -0.2) is 4.68 Å². The molecule has 6 nitrogen and oxygen atoms in total. The van der Waals surface area contributed by atoms with E-state index in [1.165, 1.54) is 0 Å². The summed E-state index contributed by atoms with van der Waals surface area (Å²) in [6, 6.07) is 5.52. The number of nitrogens with two attached hydrogens (primary N) is 1. The Morgan fingerprint density at radius 1 is 1.26 bits per heavy atom. The number of hydrogen-bond donors (Lipinski definition) is 2. The number of pyridine rings is 1. The molecule has 2 aromatic rings. The fourth-order valence-corrected chi connectivity index (χ4v) is 2.91. The minimum absolute atomic E-state index is 0. The smallest absolute Gasteiger partial charge is 0.229 e. The van der Waals surface area contributed by atoms with E-state index in [0.717, 1.165) is 24.9 Å². The highest BCUT2D eigenvalue weighted by Crippen LogP contribution is 2.31. The number of amides is 1. The molecule has 1 saturated carbocycles. The molecule has 2 aromatic heterocycles. The molecular weight excluding hydrogens is 337 g/mol. The Bertz CT molecular complexity index is 619. The van der Waals surface area contributed by atoms with Gasteiger partial charge in [0, 0.05) is 30.6 Å². The molecule has 2 atom stereocenters. The summed E-state index contributed by atoms with van der Waals surface area (Å²) in [6.45, 7) is 0.573. The molecule has 8 heteroatoms. The fraction of sp³-hybridized carbons (Fsp3) is 0.400. The average molecular weight is 358 g/mol. The molecule has 0 radical (unpaired) electrons. The third-order valence-corrected chi connectivity index (χ3v) is 4.07. The van der Waals surface area contributed by atoms with Gasteiger partial charge in [0.15, 0.2) is 5.82 Å². The molecule has 2 heterocycles. The predicted molar refractivity (Wildman–Crippen MR) is 94.4 cm³/mol. The summed E-state index contributed by atoms with van der Waals surface area (Å²) >= 11 is 0. The first-order valence-corrected chi connectivity index (χ1v) is 7.25. The number of halogens is 2. The maximum absolute atomic E-state index is 12.3. The molecule has 0 bridgehead atoms. The molecule has 1 aliphatic carbocycles. The van der Waals surface area contributed by atoms with Gasteiger partial charge >= 0.3 is 0 Å². The van der Waals surface area contributed by atoms with Crippen molar-refractivity contribution in [3.63, 3.8) is 0 Å². The van der Waals surface area contributed by atoms with Gasteiger partial charge in [-0.2, -0.15) is 5.10 Å². The zero-order valence-corrected chi connectivity index (χ0v) is 14.2. The van der Waals surface area contributed by atoms with Crippen LogP contribution in [0.2, 0.25) is 0 Å². The van der Waals surface area contributed by atoms with Gasteiger partial charge < -0.3 is 11.1 Å². The predicted octanol–water partition coefficient (Wildman–Crippen LogP) is 2.42. The van der Waals surface area contributed by atoms with Crippen LogP contribution in [0.1, 0.15) is 19.3 Å². The van der Waals surface area contributed by atoms with E-state index in [0.29, 0.717) is 18.3 Å². The lowest BCUT2D eigenvalue weighted by molar-refractivity contribution is -0.120. The van der Waals surface area contributed by atoms with Crippen LogP contribution in [-0.2, 0) is 4.79 Å². The second-order valence-corrected chi connectivity index (χ2v) is 5.37. The zero-order chi connectivity index (χ0) is 14.7. The Hall–Kier alpha value is -1.63. The van der Waals surface area contributed by atoms with Crippen molar-refractivity contribution in [1.29, 1.82) is 0 Å². The molecule has 0 aliphatic heterocycles. The molecule has 126 valence electrons. The van der Waals surface area contributed by atoms with Crippen LogP contribution >= 0.6 is 24.8 Å². The van der Waals surface area contributed by atoms with Crippen LogP contribution in [0.5, 0.6) is 0 Å². The van der Waals surface area contributed by atoms with Gasteiger partial charge in [-0.1, -0.05) is 6.42 Å². The van der Waals surface area contributed by atoms with Gasteiger partial charge in [-0.15, -0.1) is 24.8 Å². The summed E-state index contributed by atoms with van der Waals surface area (Å²) < 4.78 is 1.71. The first kappa shape index (κ1) is 19.4. The first-order valence-electron chi connectivity index (χ1n) is 7.25. The number of nitrogens with one attached hydrogen (secondary N) is 1. The van der Waals surface area contributed by atoms with E-state index in [1.54, 1.807) is 23.1 Å². The summed E-state index contributed by atoms with van der Waals surface area (Å²) in [5.74, 6) is 0.913. The number of hydrogen-bond acceptors (Lipinski definition) is 4. The second-order valence-electron chi connectivity index (χ2n) is 5.37. The van der Waals surface area contributed by atoms with Crippen molar-refractivity contribution < 1.29 is 4.79 Å². The minimum atomic E-state index is 0. The van der Waals surface area contributed by atoms with E-state index in [1.807, 2.05) is 18.3 Å². The number of anilines is 1. The summed E-state index contributed by atoms with van der Waals surface area (Å²) in [6.07, 6.45) is 8.27. The highest BCUT2D eigenvalue weighted by molar-refractivity contribution is 5.92. The minimum Gasteiger partial charge on any atom is -0.330 e. The largest absolute Gasteiger partial charge is 0.330 e. The zero-order valence-electron chi connectivity index (χ0n) is 12.6. The fourth-order valence-electron chi connectivity index (χ4n) is 2.91. The lowest BCUT2D eigenvalue weighted by Crippen LogP contribution is -2.29. The number of nitrogens with zero attached hydrogens (tertiary/aromatic N) is 3. The van der Waals surface area contributed by atoms with Gasteiger partial charge in [0.05, 0.1) is 5.69 Å². The summed E-state index contributed by atoms with van der Waals surface area (Å²) in [5, 5.41) is 7.26. The van der Waals surface area contributed by atoms with E-state index < -0.39 is 0 Å². The van der Waals surface area contributed by atoms with Crippen molar-refractivity contribution in [2.75, 3.05) is 11.9 Å². The average Bonchev–Trinajstić information content (AvgIpc) is 3.16. The highest BCUT2D eigenvalue weighted by atomic mass is 35.5. The molecule has 0 spiro atoms. The highest BCUT2D eigenvalue weighted by Gasteiger charge is 2.32. The normalized spacial score (nSPS) is 19.5. The van der Waals surface area contributed by atoms with E-state index in [9.17, 15) is 4.79 Å². The van der Waals surface area contributed by atoms with E-state index in [4.69, 9.17) is 5.73 Å². The van der Waals surface area contributed by atoms with Gasteiger partial charge in [0.25, 0.3) is 0 Å². The quantitative estimate of drug-likeness (QED) is 0.879. The molecule has 3 rings (SSSR count). The third-order valence-electron chi connectivity index (χ3n) is 4.07. The van der Waals surface area contributed by atoms with Crippen molar-refractivity contribution in [2.45, 2.75) is 19.3 Å². The van der Waals surface area contributed by atoms with Crippen molar-refractivity contribution in [2.24, 2.45) is 17.6 Å². The number of carbonyl (C=O) groups excluding carboxylic acids is 1. The molecule has 0 aromatic carbocycles. The van der Waals surface area contributed by atoms with E-state index in [2.05, 4.69) is 15.4 Å². The molecule has 3 N–H and O–H groups in total. The van der Waals surface area contributed by atoms with Crippen LogP contribution in [0.4, 0.5) is 5.82 Å². The Morgan fingerprint density at radius 3 is 2.70 bits per heavy atom. The molecule has 0 saturated heterocycles. The van der Waals surface area contributed by atoms with Crippen LogP contribution in [0.25, 0.3) is 5.69 Å². The summed E-state index contributed by atoms with van der Waals surface area (Å²) in [5.41, 5.74) is 6.64. The Morgan fingerprint density at radius 2 is 2.00 bits per heavy atom. The molecule has 1 aliphatic rings. The SMILES string of the molecule is Cl.Cl.NC[C@H]1CCC[C@H]1C(=O)Nc1ccn(-c2ccncc2)n1. The Kier molecular flexibility index (Phi) is 7.48. The van der Waals surface area contributed by atoms with Gasteiger partial charge in [-0.05, 0) is 37.4 Å². The number of rotatable bonds is 4. The lowest BCUT2D eigenvalue weighted by Gasteiger charge is -2.16. The Balaban J connectivity index is 0.00000132. The van der Waals surface area contributed by atoms with Gasteiger partial charge in [0.1, 0.15) is 0 Å². The van der Waals surface area contributed by atoms with Crippen LogP contribution in [0.3, 0.4) is 0 Å². The third kappa shape index (κ3) is 4.43. The summed E-state index contributed by atoms with van der Waals surface area (Å²) in [4.78, 5) is 16.3. The molecule has 1 amide bonds. The van der Waals surface area contributed by atoms with Crippen LogP contribution in [-0.4, -0.2) is 27.2 Å². The van der Waals surface area contributed by atoms with Crippen LogP contribution < -0.4 is 11.1 Å². The van der Waals surface area contributed by atoms with Crippen LogP contribution in [0.15, 0.2) is 36.8 Å². The van der Waals surface area contributed by atoms with E-state index in [-0.39, 0.29) is 36.6 Å². The molecule has 1 fully saturated rings. The molecular formula is C15H21Cl2N5O. The number of aromatic nitrogens is 3. The monoisotopic (exact) mass is 357 g/mol. The van der Waals surface area contributed by atoms with Crippen molar-refractivity contribution in [1.82, 2.24) is 14.8 Å². The van der Waals surface area contributed by atoms with Crippen molar-refractivity contribution in [3.05, 3.63) is 36.8 Å². The topological polar surface area (TPSA) is 85.8 Å². The standard InChI is InChI=1S/C15H19N5O.2ClH/c16-10-11-2-1-3-13(11)15(21)18-14-6-9-20(19-14)12-4-7-17-8-5-12;;/h4-9,11,13H,1-3,10,16H2,(H,18,19,21);2*1H/t11-,13-;;/m1../s1. The maximum atomic E-state index is 12.3. The van der Waals surface area contributed by atoms with Gasteiger partial charge in [-0.3, -0.25) is 9.78 Å². The lowest BCUT2D eigenvalue weighted by atomic mass is 9.95. The number of carbonyl (C=O) groups is 1. The molecule has 23 heavy (non-hydrogen) atoms. The summed E-state index contributed by atoms with van der Waals surface area (Å²) in [7, 11) is 0. The van der Waals surface area contributed by atoms with Crippen molar-refractivity contribution in [3.8, 4) is 5.69 Å². The maximum Gasteiger partial charge on any atom is 0.229 e. The van der Waals surface area contributed by atoms with Gasteiger partial charge in [0.2, 0.25) is 5.91 Å². The van der Waals surface area contributed by atoms with E-state index >= 15 is 0 Å². The van der Waals surface area contributed by atoms with Crippen molar-refractivity contribution >= 4 is 36.5 Å². The van der Waals surface area contributed by atoms with Crippen LogP contribution in [0, 0.1) is 11.8 Å². The second kappa shape index (κ2) is 8.86. The molecule has 0 unspecified atom stereocenters. The Labute approximate surface area is 147 Å².